The lowest BCUT2D eigenvalue weighted by Crippen LogP contribution is -2.47. The zero-order valence-corrected chi connectivity index (χ0v) is 8.24. The van der Waals surface area contributed by atoms with Gasteiger partial charge in [-0.05, 0) is 25.3 Å². The highest BCUT2D eigenvalue weighted by atomic mass is 15.2. The molecule has 1 saturated heterocycles. The van der Waals surface area contributed by atoms with Crippen molar-refractivity contribution in [2.24, 2.45) is 0 Å². The van der Waals surface area contributed by atoms with Crippen LogP contribution >= 0.6 is 0 Å². The summed E-state index contributed by atoms with van der Waals surface area (Å²) in [6, 6.07) is 2.76. The summed E-state index contributed by atoms with van der Waals surface area (Å²) in [7, 11) is 0. The third-order valence-corrected chi connectivity index (χ3v) is 3.26. The summed E-state index contributed by atoms with van der Waals surface area (Å²) in [5.41, 5.74) is 2.54. The lowest BCUT2D eigenvalue weighted by atomic mass is 9.99. The Hall–Kier alpha value is -1.25. The third kappa shape index (κ3) is 1.15. The van der Waals surface area contributed by atoms with Crippen molar-refractivity contribution in [1.82, 2.24) is 4.98 Å². The molecule has 0 saturated carbocycles. The standard InChI is InChI=1S/C11H15N3/c1-2-6-14-9(3-1)7-13-10-4-5-12-8-11(10)14/h4-5,8-9,13H,1-3,6-7H2. The molecule has 0 amide bonds. The molecule has 0 aromatic carbocycles. The van der Waals surface area contributed by atoms with Crippen molar-refractivity contribution >= 4 is 11.4 Å². The van der Waals surface area contributed by atoms with Gasteiger partial charge < -0.3 is 10.2 Å². The first kappa shape index (κ1) is 8.09. The molecule has 1 atom stereocenters. The molecule has 1 N–H and O–H groups in total. The number of rotatable bonds is 0. The summed E-state index contributed by atoms with van der Waals surface area (Å²) >= 11 is 0. The van der Waals surface area contributed by atoms with E-state index in [2.05, 4.69) is 21.3 Å². The second kappa shape index (κ2) is 3.15. The van der Waals surface area contributed by atoms with Crippen LogP contribution in [0.15, 0.2) is 18.5 Å². The molecule has 3 rings (SSSR count). The van der Waals surface area contributed by atoms with Crippen LogP contribution in [-0.4, -0.2) is 24.1 Å². The minimum atomic E-state index is 0.695. The highest BCUT2D eigenvalue weighted by Gasteiger charge is 2.27. The average molecular weight is 189 g/mol. The van der Waals surface area contributed by atoms with E-state index in [-0.39, 0.29) is 0 Å². The number of hydrogen-bond acceptors (Lipinski definition) is 3. The van der Waals surface area contributed by atoms with Crippen LogP contribution in [0.4, 0.5) is 11.4 Å². The van der Waals surface area contributed by atoms with Crippen molar-refractivity contribution in [2.45, 2.75) is 25.3 Å². The predicted molar refractivity (Wildman–Crippen MR) is 57.7 cm³/mol. The second-order valence-corrected chi connectivity index (χ2v) is 4.12. The SMILES string of the molecule is c1cc2c(cn1)N1CCCCC1CN2. The average Bonchev–Trinajstić information content (AvgIpc) is 2.29. The van der Waals surface area contributed by atoms with E-state index in [9.17, 15) is 0 Å². The largest absolute Gasteiger partial charge is 0.381 e. The Labute approximate surface area is 84.1 Å². The molecule has 2 aliphatic rings. The van der Waals surface area contributed by atoms with Gasteiger partial charge in [0.1, 0.15) is 0 Å². The van der Waals surface area contributed by atoms with Gasteiger partial charge >= 0.3 is 0 Å². The lowest BCUT2D eigenvalue weighted by Gasteiger charge is -2.42. The molecule has 1 unspecified atom stereocenters. The Morgan fingerprint density at radius 1 is 1.43 bits per heavy atom. The first-order valence-electron chi connectivity index (χ1n) is 5.40. The topological polar surface area (TPSA) is 28.2 Å². The van der Waals surface area contributed by atoms with Gasteiger partial charge in [-0.3, -0.25) is 4.98 Å². The van der Waals surface area contributed by atoms with Crippen LogP contribution in [0.5, 0.6) is 0 Å². The van der Waals surface area contributed by atoms with Gasteiger partial charge in [0.25, 0.3) is 0 Å². The van der Waals surface area contributed by atoms with E-state index in [0.29, 0.717) is 6.04 Å². The van der Waals surface area contributed by atoms with Gasteiger partial charge in [-0.2, -0.15) is 0 Å². The highest BCUT2D eigenvalue weighted by Crippen LogP contribution is 2.33. The fourth-order valence-corrected chi connectivity index (χ4v) is 2.52. The van der Waals surface area contributed by atoms with Crippen LogP contribution < -0.4 is 10.2 Å². The molecule has 0 radical (unpaired) electrons. The van der Waals surface area contributed by atoms with Gasteiger partial charge in [0.15, 0.2) is 0 Å². The van der Waals surface area contributed by atoms with Crippen molar-refractivity contribution in [3.05, 3.63) is 18.5 Å². The number of piperidine rings is 1. The smallest absolute Gasteiger partial charge is 0.0791 e. The number of hydrogen-bond donors (Lipinski definition) is 1. The monoisotopic (exact) mass is 189 g/mol. The second-order valence-electron chi connectivity index (χ2n) is 4.12. The van der Waals surface area contributed by atoms with E-state index in [4.69, 9.17) is 0 Å². The zero-order chi connectivity index (χ0) is 9.38. The van der Waals surface area contributed by atoms with E-state index >= 15 is 0 Å². The van der Waals surface area contributed by atoms with Crippen molar-refractivity contribution < 1.29 is 0 Å². The molecule has 1 aromatic rings. The number of fused-ring (bicyclic) bond motifs is 3. The Morgan fingerprint density at radius 2 is 2.43 bits per heavy atom. The first-order chi connectivity index (χ1) is 6.95. The summed E-state index contributed by atoms with van der Waals surface area (Å²) in [6.07, 6.45) is 7.86. The molecule has 3 nitrogen and oxygen atoms in total. The first-order valence-corrected chi connectivity index (χ1v) is 5.40. The van der Waals surface area contributed by atoms with Crippen LogP contribution in [0, 0.1) is 0 Å². The van der Waals surface area contributed by atoms with Gasteiger partial charge in [-0.1, -0.05) is 0 Å². The maximum Gasteiger partial charge on any atom is 0.0791 e. The number of pyridine rings is 1. The van der Waals surface area contributed by atoms with E-state index < -0.39 is 0 Å². The van der Waals surface area contributed by atoms with Crippen LogP contribution in [0.3, 0.4) is 0 Å². The molecule has 2 aliphatic heterocycles. The summed E-state index contributed by atoms with van der Waals surface area (Å²) in [5, 5.41) is 3.48. The Morgan fingerprint density at radius 3 is 3.43 bits per heavy atom. The number of anilines is 2. The van der Waals surface area contributed by atoms with Crippen molar-refractivity contribution in [3.8, 4) is 0 Å². The quantitative estimate of drug-likeness (QED) is 0.675. The van der Waals surface area contributed by atoms with Crippen LogP contribution in [0.25, 0.3) is 0 Å². The van der Waals surface area contributed by atoms with E-state index in [1.165, 1.54) is 37.2 Å². The maximum atomic E-state index is 4.21. The van der Waals surface area contributed by atoms with E-state index in [1.54, 1.807) is 0 Å². The zero-order valence-electron chi connectivity index (χ0n) is 8.24. The Bertz CT molecular complexity index is 337. The van der Waals surface area contributed by atoms with Crippen molar-refractivity contribution in [3.63, 3.8) is 0 Å². The molecule has 0 spiro atoms. The van der Waals surface area contributed by atoms with E-state index in [0.717, 1.165) is 6.54 Å². The fraction of sp³-hybridized carbons (Fsp3) is 0.545. The van der Waals surface area contributed by atoms with Crippen LogP contribution in [-0.2, 0) is 0 Å². The molecule has 74 valence electrons. The molecule has 0 aliphatic carbocycles. The van der Waals surface area contributed by atoms with Crippen molar-refractivity contribution in [1.29, 1.82) is 0 Å². The predicted octanol–water partition coefficient (Wildman–Crippen LogP) is 1.87. The summed E-state index contributed by atoms with van der Waals surface area (Å²) in [5.74, 6) is 0. The lowest BCUT2D eigenvalue weighted by molar-refractivity contribution is 0.465. The normalized spacial score (nSPS) is 24.9. The molecule has 3 heterocycles. The Balaban J connectivity index is 1.99. The summed E-state index contributed by atoms with van der Waals surface area (Å²) in [6.45, 7) is 2.29. The molecular formula is C11H15N3. The summed E-state index contributed by atoms with van der Waals surface area (Å²) < 4.78 is 0. The van der Waals surface area contributed by atoms with Crippen molar-refractivity contribution in [2.75, 3.05) is 23.3 Å². The van der Waals surface area contributed by atoms with Gasteiger partial charge in [-0.15, -0.1) is 0 Å². The highest BCUT2D eigenvalue weighted by molar-refractivity contribution is 5.71. The Kier molecular flexibility index (Phi) is 1.82. The molecular weight excluding hydrogens is 174 g/mol. The summed E-state index contributed by atoms with van der Waals surface area (Å²) in [4.78, 5) is 6.72. The third-order valence-electron chi connectivity index (χ3n) is 3.26. The van der Waals surface area contributed by atoms with Gasteiger partial charge in [0, 0.05) is 25.3 Å². The van der Waals surface area contributed by atoms with Gasteiger partial charge in [0.2, 0.25) is 0 Å². The van der Waals surface area contributed by atoms with Gasteiger partial charge in [-0.25, -0.2) is 0 Å². The minimum absolute atomic E-state index is 0.695. The fourth-order valence-electron chi connectivity index (χ4n) is 2.52. The molecule has 0 bridgehead atoms. The molecule has 14 heavy (non-hydrogen) atoms. The van der Waals surface area contributed by atoms with Crippen LogP contribution in [0.2, 0.25) is 0 Å². The number of nitrogens with one attached hydrogen (secondary N) is 1. The van der Waals surface area contributed by atoms with Gasteiger partial charge in [0.05, 0.1) is 17.6 Å². The molecule has 1 aromatic heterocycles. The van der Waals surface area contributed by atoms with Crippen LogP contribution in [0.1, 0.15) is 19.3 Å². The molecule has 3 heteroatoms. The maximum absolute atomic E-state index is 4.21. The molecule has 1 fully saturated rings. The minimum Gasteiger partial charge on any atom is -0.381 e. The number of nitrogens with zero attached hydrogens (tertiary/aromatic N) is 2. The van der Waals surface area contributed by atoms with E-state index in [1.807, 2.05) is 12.4 Å². The number of aromatic nitrogens is 1.